The maximum Gasteiger partial charge on any atom is 0.146 e. The van der Waals surface area contributed by atoms with Crippen molar-refractivity contribution < 1.29 is 14.3 Å². The zero-order valence-corrected chi connectivity index (χ0v) is 17.5. The molecule has 0 aromatic carbocycles. The Morgan fingerprint density at radius 1 is 1.00 bits per heavy atom. The summed E-state index contributed by atoms with van der Waals surface area (Å²) in [7, 11) is 3.58. The van der Waals surface area contributed by atoms with Crippen LogP contribution in [-0.2, 0) is 14.3 Å². The number of rotatable bonds is 20. The number of nitrogens with one attached hydrogen (secondary N) is 2. The van der Waals surface area contributed by atoms with Crippen LogP contribution in [0, 0.1) is 0 Å². The van der Waals surface area contributed by atoms with Crippen molar-refractivity contribution in [1.29, 1.82) is 0 Å². The summed E-state index contributed by atoms with van der Waals surface area (Å²) in [5.41, 5.74) is 0. The summed E-state index contributed by atoms with van der Waals surface area (Å²) in [6.45, 7) is 9.47. The first-order chi connectivity index (χ1) is 12.3. The molecule has 0 radical (unpaired) electrons. The smallest absolute Gasteiger partial charge is 0.146 e. The van der Waals surface area contributed by atoms with E-state index in [4.69, 9.17) is 9.47 Å². The summed E-state index contributed by atoms with van der Waals surface area (Å²) in [6, 6.07) is 0. The molecule has 7 heteroatoms. The van der Waals surface area contributed by atoms with Crippen LogP contribution in [0.3, 0.4) is 0 Å². The van der Waals surface area contributed by atoms with Gasteiger partial charge in [0, 0.05) is 31.9 Å². The zero-order chi connectivity index (χ0) is 18.4. The Kier molecular flexibility index (Phi) is 21.9. The third kappa shape index (κ3) is 21.9. The van der Waals surface area contributed by atoms with Gasteiger partial charge in [0.05, 0.1) is 19.8 Å². The molecule has 0 aliphatic carbocycles. The van der Waals surface area contributed by atoms with Gasteiger partial charge in [0.2, 0.25) is 0 Å². The second-order valence-electron chi connectivity index (χ2n) is 5.45. The highest BCUT2D eigenvalue weighted by Crippen LogP contribution is 2.20. The molecule has 5 nitrogen and oxygen atoms in total. The van der Waals surface area contributed by atoms with E-state index in [1.54, 1.807) is 10.8 Å². The number of allylic oxidation sites excluding steroid dienone is 1. The summed E-state index contributed by atoms with van der Waals surface area (Å²) >= 11 is 0. The second-order valence-corrected chi connectivity index (χ2v) is 7.98. The first kappa shape index (κ1) is 24.9. The van der Waals surface area contributed by atoms with E-state index in [9.17, 15) is 4.79 Å². The molecule has 0 bridgehead atoms. The SMILES string of the molecule is CC/C=C/COCCNCC(=O)CCCCOCSSCCNCC. The Morgan fingerprint density at radius 3 is 2.68 bits per heavy atom. The lowest BCUT2D eigenvalue weighted by molar-refractivity contribution is -0.118. The van der Waals surface area contributed by atoms with Crippen molar-refractivity contribution in [2.75, 3.05) is 57.7 Å². The number of ether oxygens (including phenoxy) is 2. The van der Waals surface area contributed by atoms with Gasteiger partial charge in [0.25, 0.3) is 0 Å². The molecule has 0 saturated carbocycles. The molecule has 0 aliphatic heterocycles. The predicted molar refractivity (Wildman–Crippen MR) is 111 cm³/mol. The average molecular weight is 393 g/mol. The van der Waals surface area contributed by atoms with Crippen LogP contribution < -0.4 is 10.6 Å². The van der Waals surface area contributed by atoms with E-state index in [1.807, 2.05) is 16.9 Å². The quantitative estimate of drug-likeness (QED) is 0.143. The van der Waals surface area contributed by atoms with Crippen LogP contribution in [0.2, 0.25) is 0 Å². The minimum Gasteiger partial charge on any atom is -0.376 e. The number of ketones is 1. The van der Waals surface area contributed by atoms with E-state index < -0.39 is 0 Å². The van der Waals surface area contributed by atoms with Crippen molar-refractivity contribution >= 4 is 27.4 Å². The fourth-order valence-electron chi connectivity index (χ4n) is 1.85. The molecular weight excluding hydrogens is 356 g/mol. The van der Waals surface area contributed by atoms with E-state index in [1.165, 1.54) is 0 Å². The second kappa shape index (κ2) is 22.0. The number of carbonyl (C=O) groups is 1. The fourth-order valence-corrected chi connectivity index (χ4v) is 3.46. The molecule has 2 N–H and O–H groups in total. The average Bonchev–Trinajstić information content (AvgIpc) is 2.62. The van der Waals surface area contributed by atoms with E-state index in [-0.39, 0.29) is 5.78 Å². The number of Topliss-reactive ketones (excluding diaryl/α,β-unsaturated/α-hetero) is 1. The van der Waals surface area contributed by atoms with Gasteiger partial charge in [-0.25, -0.2) is 0 Å². The Balaban J connectivity index is 3.16. The topological polar surface area (TPSA) is 59.6 Å². The van der Waals surface area contributed by atoms with Gasteiger partial charge in [0.15, 0.2) is 0 Å². The Bertz CT molecular complexity index is 319. The molecule has 0 heterocycles. The molecule has 0 unspecified atom stereocenters. The molecule has 0 atom stereocenters. The van der Waals surface area contributed by atoms with Crippen LogP contribution in [-0.4, -0.2) is 63.5 Å². The van der Waals surface area contributed by atoms with E-state index >= 15 is 0 Å². The first-order valence-electron chi connectivity index (χ1n) is 9.29. The van der Waals surface area contributed by atoms with E-state index in [2.05, 4.69) is 30.6 Å². The highest BCUT2D eigenvalue weighted by molar-refractivity contribution is 8.76. The largest absolute Gasteiger partial charge is 0.376 e. The van der Waals surface area contributed by atoms with Gasteiger partial charge in [-0.05, 0) is 25.8 Å². The van der Waals surface area contributed by atoms with Crippen molar-refractivity contribution in [3.63, 3.8) is 0 Å². The Morgan fingerprint density at radius 2 is 1.88 bits per heavy atom. The van der Waals surface area contributed by atoms with Crippen molar-refractivity contribution in [3.05, 3.63) is 12.2 Å². The number of unbranched alkanes of at least 4 members (excludes halogenated alkanes) is 1. The highest BCUT2D eigenvalue weighted by Gasteiger charge is 2.01. The number of hydrogen-bond donors (Lipinski definition) is 2. The highest BCUT2D eigenvalue weighted by atomic mass is 33.1. The maximum absolute atomic E-state index is 11.7. The summed E-state index contributed by atoms with van der Waals surface area (Å²) in [5, 5.41) is 6.41. The molecule has 0 spiro atoms. The molecule has 148 valence electrons. The van der Waals surface area contributed by atoms with Crippen molar-refractivity contribution in [3.8, 4) is 0 Å². The van der Waals surface area contributed by atoms with Gasteiger partial charge in [-0.15, -0.1) is 0 Å². The van der Waals surface area contributed by atoms with Crippen LogP contribution in [0.5, 0.6) is 0 Å². The van der Waals surface area contributed by atoms with Crippen LogP contribution in [0.25, 0.3) is 0 Å². The molecular formula is C18H36N2O3S2. The lowest BCUT2D eigenvalue weighted by Gasteiger charge is -2.05. The molecule has 0 saturated heterocycles. The van der Waals surface area contributed by atoms with E-state index in [0.717, 1.165) is 57.2 Å². The van der Waals surface area contributed by atoms with Gasteiger partial charge in [-0.3, -0.25) is 4.79 Å². The lowest BCUT2D eigenvalue weighted by atomic mass is 10.2. The molecule has 0 rings (SSSR count). The summed E-state index contributed by atoms with van der Waals surface area (Å²) in [6.07, 6.45) is 7.62. The van der Waals surface area contributed by atoms with Gasteiger partial charge >= 0.3 is 0 Å². The molecule has 0 aromatic rings. The Labute approximate surface area is 161 Å². The number of hydrogen-bond acceptors (Lipinski definition) is 7. The predicted octanol–water partition coefficient (Wildman–Crippen LogP) is 3.26. The zero-order valence-electron chi connectivity index (χ0n) is 15.9. The van der Waals surface area contributed by atoms with Gasteiger partial charge < -0.3 is 20.1 Å². The van der Waals surface area contributed by atoms with Gasteiger partial charge in [0.1, 0.15) is 11.7 Å². The van der Waals surface area contributed by atoms with Crippen LogP contribution in [0.1, 0.15) is 39.5 Å². The van der Waals surface area contributed by atoms with Crippen LogP contribution in [0.15, 0.2) is 12.2 Å². The molecule has 25 heavy (non-hydrogen) atoms. The maximum atomic E-state index is 11.7. The monoisotopic (exact) mass is 392 g/mol. The van der Waals surface area contributed by atoms with Crippen molar-refractivity contribution in [2.24, 2.45) is 0 Å². The van der Waals surface area contributed by atoms with Crippen molar-refractivity contribution in [2.45, 2.75) is 39.5 Å². The molecule has 0 fully saturated rings. The third-order valence-corrected chi connectivity index (χ3v) is 5.27. The van der Waals surface area contributed by atoms with Crippen LogP contribution >= 0.6 is 21.6 Å². The molecule has 0 amide bonds. The standard InChI is InChI=1S/C18H36N2O3S2/c1-3-5-7-12-22-14-10-20-16-18(21)9-6-8-13-23-17-25-24-15-11-19-4-2/h5,7,19-20H,3-4,6,8-17H2,1-2H3/b7-5+. The fraction of sp³-hybridized carbons (Fsp3) is 0.833. The minimum atomic E-state index is 0.263. The lowest BCUT2D eigenvalue weighted by Crippen LogP contribution is -2.26. The third-order valence-electron chi connectivity index (χ3n) is 3.18. The van der Waals surface area contributed by atoms with Crippen molar-refractivity contribution in [1.82, 2.24) is 10.6 Å². The normalized spacial score (nSPS) is 11.4. The van der Waals surface area contributed by atoms with Gasteiger partial charge in [-0.1, -0.05) is 47.6 Å². The summed E-state index contributed by atoms with van der Waals surface area (Å²) < 4.78 is 11.0. The molecule has 0 aliphatic rings. The van der Waals surface area contributed by atoms with Gasteiger partial charge in [-0.2, -0.15) is 0 Å². The van der Waals surface area contributed by atoms with E-state index in [0.29, 0.717) is 26.2 Å². The minimum absolute atomic E-state index is 0.263. The summed E-state index contributed by atoms with van der Waals surface area (Å²) in [4.78, 5) is 11.7. The summed E-state index contributed by atoms with van der Waals surface area (Å²) in [5.74, 6) is 2.09. The molecule has 0 aromatic heterocycles. The Hall–Kier alpha value is -0.0500. The van der Waals surface area contributed by atoms with Crippen LogP contribution in [0.4, 0.5) is 0 Å². The number of carbonyl (C=O) groups excluding carboxylic acids is 1. The first-order valence-corrected chi connectivity index (χ1v) is 11.8.